The molecule has 2 aromatic heterocycles. The molecule has 0 bridgehead atoms. The van der Waals surface area contributed by atoms with Crippen molar-refractivity contribution in [2.45, 2.75) is 19.9 Å². The summed E-state index contributed by atoms with van der Waals surface area (Å²) in [6.45, 7) is 2.35. The predicted molar refractivity (Wildman–Crippen MR) is 52.1 cm³/mol. The van der Waals surface area contributed by atoms with Gasteiger partial charge in [-0.1, -0.05) is 6.92 Å². The Bertz CT molecular complexity index is 379. The van der Waals surface area contributed by atoms with E-state index in [1.807, 2.05) is 6.92 Å². The van der Waals surface area contributed by atoms with Gasteiger partial charge in [-0.25, -0.2) is 9.97 Å². The van der Waals surface area contributed by atoms with Crippen molar-refractivity contribution in [1.29, 1.82) is 0 Å². The average molecular weight is 210 g/mol. The molecule has 7 heteroatoms. The number of nitrogens with zero attached hydrogens (tertiary/aromatic N) is 5. The molecule has 0 amide bonds. The van der Waals surface area contributed by atoms with Crippen LogP contribution in [0.15, 0.2) is 6.33 Å². The van der Waals surface area contributed by atoms with Gasteiger partial charge in [-0.2, -0.15) is 9.06 Å². The maximum absolute atomic E-state index is 5.40. The molecule has 2 aromatic rings. The van der Waals surface area contributed by atoms with Gasteiger partial charge in [0, 0.05) is 18.0 Å². The molecule has 74 valence electrons. The molecule has 0 unspecified atom stereocenters. The smallest absolute Gasteiger partial charge is 0.231 e. The van der Waals surface area contributed by atoms with Crippen molar-refractivity contribution in [2.24, 2.45) is 5.73 Å². The van der Waals surface area contributed by atoms with Gasteiger partial charge < -0.3 is 5.73 Å². The Kier molecular flexibility index (Phi) is 2.51. The zero-order valence-electron chi connectivity index (χ0n) is 7.71. The summed E-state index contributed by atoms with van der Waals surface area (Å²) in [6.07, 6.45) is 2.43. The predicted octanol–water partition coefficient (Wildman–Crippen LogP) is 0.140. The molecule has 0 aromatic carbocycles. The second-order valence-corrected chi connectivity index (χ2v) is 3.39. The summed E-state index contributed by atoms with van der Waals surface area (Å²) >= 11 is 1.31. The van der Waals surface area contributed by atoms with Crippen molar-refractivity contribution in [3.63, 3.8) is 0 Å². The van der Waals surface area contributed by atoms with E-state index >= 15 is 0 Å². The van der Waals surface area contributed by atoms with E-state index in [2.05, 4.69) is 19.4 Å². The SMILES string of the molecule is CCc1nsc(-n2cnc(CN)n2)n1. The molecule has 0 saturated carbocycles. The molecule has 0 radical (unpaired) electrons. The van der Waals surface area contributed by atoms with Crippen LogP contribution in [0.4, 0.5) is 0 Å². The van der Waals surface area contributed by atoms with Crippen LogP contribution < -0.4 is 5.73 Å². The van der Waals surface area contributed by atoms with Crippen LogP contribution in [0, 0.1) is 0 Å². The van der Waals surface area contributed by atoms with Crippen LogP contribution in [0.25, 0.3) is 5.13 Å². The summed E-state index contributed by atoms with van der Waals surface area (Å²) in [7, 11) is 0. The highest BCUT2D eigenvalue weighted by Crippen LogP contribution is 2.09. The van der Waals surface area contributed by atoms with E-state index in [9.17, 15) is 0 Å². The van der Waals surface area contributed by atoms with E-state index in [1.54, 1.807) is 11.0 Å². The minimum absolute atomic E-state index is 0.340. The topological polar surface area (TPSA) is 82.5 Å². The number of nitrogens with two attached hydrogens (primary N) is 1. The van der Waals surface area contributed by atoms with E-state index in [0.29, 0.717) is 12.4 Å². The standard InChI is InChI=1S/C7H10N6S/c1-2-5-10-7(14-12-5)13-4-9-6(3-8)11-13/h4H,2-3,8H2,1H3. The van der Waals surface area contributed by atoms with Crippen molar-refractivity contribution < 1.29 is 0 Å². The zero-order valence-corrected chi connectivity index (χ0v) is 8.53. The number of aromatic nitrogens is 5. The van der Waals surface area contributed by atoms with E-state index < -0.39 is 0 Å². The molecule has 0 atom stereocenters. The first-order valence-electron chi connectivity index (χ1n) is 4.27. The van der Waals surface area contributed by atoms with Gasteiger partial charge in [-0.05, 0) is 0 Å². The Balaban J connectivity index is 2.29. The van der Waals surface area contributed by atoms with E-state index in [-0.39, 0.29) is 0 Å². The molecule has 14 heavy (non-hydrogen) atoms. The van der Waals surface area contributed by atoms with E-state index in [0.717, 1.165) is 17.4 Å². The van der Waals surface area contributed by atoms with Crippen molar-refractivity contribution >= 4 is 11.5 Å². The van der Waals surface area contributed by atoms with Crippen LogP contribution in [0.1, 0.15) is 18.6 Å². The maximum atomic E-state index is 5.40. The molecular weight excluding hydrogens is 200 g/mol. The highest BCUT2D eigenvalue weighted by Gasteiger charge is 2.06. The third-order valence-corrected chi connectivity index (χ3v) is 2.44. The van der Waals surface area contributed by atoms with Gasteiger partial charge in [-0.15, -0.1) is 5.10 Å². The van der Waals surface area contributed by atoms with Gasteiger partial charge in [0.15, 0.2) is 5.82 Å². The second kappa shape index (κ2) is 3.81. The minimum Gasteiger partial charge on any atom is -0.324 e. The van der Waals surface area contributed by atoms with Gasteiger partial charge in [-0.3, -0.25) is 0 Å². The molecule has 0 aliphatic heterocycles. The number of hydrogen-bond donors (Lipinski definition) is 1. The lowest BCUT2D eigenvalue weighted by Gasteiger charge is -1.89. The van der Waals surface area contributed by atoms with Crippen molar-refractivity contribution in [1.82, 2.24) is 24.1 Å². The molecule has 0 fully saturated rings. The Labute approximate surface area is 85.0 Å². The summed E-state index contributed by atoms with van der Waals surface area (Å²) in [5, 5.41) is 4.87. The Hall–Kier alpha value is -1.34. The van der Waals surface area contributed by atoms with Gasteiger partial charge in [0.2, 0.25) is 5.13 Å². The van der Waals surface area contributed by atoms with E-state index in [1.165, 1.54) is 11.5 Å². The lowest BCUT2D eigenvalue weighted by molar-refractivity contribution is 0.816. The van der Waals surface area contributed by atoms with Gasteiger partial charge in [0.25, 0.3) is 0 Å². The van der Waals surface area contributed by atoms with Crippen LogP contribution in [-0.4, -0.2) is 24.1 Å². The molecule has 0 aliphatic rings. The minimum atomic E-state index is 0.340. The Morgan fingerprint density at radius 1 is 1.50 bits per heavy atom. The van der Waals surface area contributed by atoms with Crippen LogP contribution in [0.5, 0.6) is 0 Å². The van der Waals surface area contributed by atoms with Gasteiger partial charge >= 0.3 is 0 Å². The van der Waals surface area contributed by atoms with E-state index in [4.69, 9.17) is 5.73 Å². The molecule has 2 N–H and O–H groups in total. The molecule has 6 nitrogen and oxygen atoms in total. The van der Waals surface area contributed by atoms with Crippen LogP contribution >= 0.6 is 11.5 Å². The third kappa shape index (κ3) is 1.64. The second-order valence-electron chi connectivity index (χ2n) is 2.66. The number of hydrogen-bond acceptors (Lipinski definition) is 6. The summed E-state index contributed by atoms with van der Waals surface area (Å²) in [6, 6.07) is 0. The average Bonchev–Trinajstić information content (AvgIpc) is 2.86. The summed E-state index contributed by atoms with van der Waals surface area (Å²) in [5.41, 5.74) is 5.40. The fourth-order valence-corrected chi connectivity index (χ4v) is 1.64. The molecule has 2 rings (SSSR count). The molecular formula is C7H10N6S. The van der Waals surface area contributed by atoms with Crippen molar-refractivity contribution in [2.75, 3.05) is 0 Å². The monoisotopic (exact) mass is 210 g/mol. The van der Waals surface area contributed by atoms with Crippen LogP contribution in [0.2, 0.25) is 0 Å². The summed E-state index contributed by atoms with van der Waals surface area (Å²) in [5.74, 6) is 1.44. The Morgan fingerprint density at radius 2 is 2.36 bits per heavy atom. The highest BCUT2D eigenvalue weighted by molar-refractivity contribution is 7.08. The first-order valence-corrected chi connectivity index (χ1v) is 5.04. The van der Waals surface area contributed by atoms with Crippen molar-refractivity contribution in [3.05, 3.63) is 18.0 Å². The molecule has 0 aliphatic carbocycles. The lowest BCUT2D eigenvalue weighted by atomic mass is 10.5. The fraction of sp³-hybridized carbons (Fsp3) is 0.429. The van der Waals surface area contributed by atoms with Gasteiger partial charge in [0.05, 0.1) is 6.54 Å². The first kappa shape index (κ1) is 9.22. The Morgan fingerprint density at radius 3 is 2.93 bits per heavy atom. The molecule has 0 saturated heterocycles. The van der Waals surface area contributed by atoms with Crippen LogP contribution in [-0.2, 0) is 13.0 Å². The molecule has 0 spiro atoms. The molecule has 2 heterocycles. The normalized spacial score (nSPS) is 10.7. The largest absolute Gasteiger partial charge is 0.324 e. The van der Waals surface area contributed by atoms with Gasteiger partial charge in [0.1, 0.15) is 12.2 Å². The third-order valence-electron chi connectivity index (χ3n) is 1.69. The fourth-order valence-electron chi connectivity index (χ4n) is 0.964. The zero-order chi connectivity index (χ0) is 9.97. The lowest BCUT2D eigenvalue weighted by Crippen LogP contribution is -2.00. The first-order chi connectivity index (χ1) is 6.83. The van der Waals surface area contributed by atoms with Crippen LogP contribution in [0.3, 0.4) is 0 Å². The van der Waals surface area contributed by atoms with Crippen molar-refractivity contribution in [3.8, 4) is 5.13 Å². The summed E-state index contributed by atoms with van der Waals surface area (Å²) < 4.78 is 5.75. The maximum Gasteiger partial charge on any atom is 0.231 e. The number of aryl methyl sites for hydroxylation is 1. The highest BCUT2D eigenvalue weighted by atomic mass is 32.1. The quantitative estimate of drug-likeness (QED) is 0.779. The summed E-state index contributed by atoms with van der Waals surface area (Å²) in [4.78, 5) is 8.29. The number of rotatable bonds is 3.